The minimum absolute atomic E-state index is 0.282. The Balaban J connectivity index is 1.48. The molecule has 1 heterocycles. The highest BCUT2D eigenvalue weighted by Crippen LogP contribution is 2.20. The van der Waals surface area contributed by atoms with Crippen molar-refractivity contribution in [1.82, 2.24) is 10.2 Å². The first-order valence-electron chi connectivity index (χ1n) is 9.54. The van der Waals surface area contributed by atoms with Crippen LogP contribution < -0.4 is 15.4 Å². The number of carbonyl (C=O) groups is 1. The van der Waals surface area contributed by atoms with Gasteiger partial charge in [-0.3, -0.25) is 4.79 Å². The number of hydrogen-bond acceptors (Lipinski definition) is 5. The van der Waals surface area contributed by atoms with Gasteiger partial charge in [-0.05, 0) is 75.4 Å². The number of benzene rings is 1. The fraction of sp³-hybridized carbons (Fsp3) is 0.381. The van der Waals surface area contributed by atoms with Gasteiger partial charge in [0.15, 0.2) is 5.69 Å². The van der Waals surface area contributed by atoms with E-state index >= 15 is 0 Å². The maximum Gasteiger partial charge on any atom is 0.276 e. The summed E-state index contributed by atoms with van der Waals surface area (Å²) in [6.45, 7) is 3.37. The van der Waals surface area contributed by atoms with E-state index in [0.29, 0.717) is 18.1 Å². The molecule has 0 atom stereocenters. The van der Waals surface area contributed by atoms with Crippen LogP contribution in [0.15, 0.2) is 48.0 Å². The molecule has 0 saturated heterocycles. The molecule has 0 aliphatic heterocycles. The molecule has 0 bridgehead atoms. The Morgan fingerprint density at radius 3 is 2.63 bits per heavy atom. The zero-order chi connectivity index (χ0) is 18.9. The largest absolute Gasteiger partial charge is 0.494 e. The van der Waals surface area contributed by atoms with Gasteiger partial charge in [0.05, 0.1) is 6.61 Å². The van der Waals surface area contributed by atoms with Gasteiger partial charge in [-0.2, -0.15) is 0 Å². The first-order valence-corrected chi connectivity index (χ1v) is 9.54. The van der Waals surface area contributed by atoms with Crippen LogP contribution in [0.5, 0.6) is 5.75 Å². The number of amides is 1. The number of aromatic nitrogens is 2. The molecular formula is C21H26N4O2. The van der Waals surface area contributed by atoms with Crippen molar-refractivity contribution >= 4 is 17.4 Å². The van der Waals surface area contributed by atoms with Crippen molar-refractivity contribution in [2.45, 2.75) is 39.0 Å². The summed E-state index contributed by atoms with van der Waals surface area (Å²) < 4.78 is 5.39. The molecule has 2 N–H and O–H groups in total. The third kappa shape index (κ3) is 5.81. The number of hydrogen-bond donors (Lipinski definition) is 2. The summed E-state index contributed by atoms with van der Waals surface area (Å²) in [5, 5.41) is 14.2. The van der Waals surface area contributed by atoms with Crippen LogP contribution in [0.25, 0.3) is 0 Å². The molecule has 0 radical (unpaired) electrons. The lowest BCUT2D eigenvalue weighted by Crippen LogP contribution is -2.15. The molecular weight excluding hydrogens is 340 g/mol. The lowest BCUT2D eigenvalue weighted by atomic mass is 9.97. The summed E-state index contributed by atoms with van der Waals surface area (Å²) in [6.07, 6.45) is 8.39. The lowest BCUT2D eigenvalue weighted by molar-refractivity contribution is 0.102. The van der Waals surface area contributed by atoms with Crippen molar-refractivity contribution in [3.63, 3.8) is 0 Å². The molecule has 0 saturated carbocycles. The first-order chi connectivity index (χ1) is 13.2. The molecule has 1 aromatic carbocycles. The predicted octanol–water partition coefficient (Wildman–Crippen LogP) is 4.43. The molecule has 1 amide bonds. The maximum atomic E-state index is 12.3. The van der Waals surface area contributed by atoms with Gasteiger partial charge in [-0.1, -0.05) is 11.6 Å². The van der Waals surface area contributed by atoms with E-state index in [0.717, 1.165) is 18.7 Å². The molecule has 6 nitrogen and oxygen atoms in total. The summed E-state index contributed by atoms with van der Waals surface area (Å²) in [5.74, 6) is 1.17. The van der Waals surface area contributed by atoms with Crippen LogP contribution in [0, 0.1) is 0 Å². The standard InChI is InChI=1S/C21H26N4O2/c1-2-27-18-10-8-17(9-11-18)23-21(26)19-12-13-20(25-24-19)22-15-14-16-6-4-3-5-7-16/h6,8-13H,2-5,7,14-15H2,1H3,(H,22,25)(H,23,26). The van der Waals surface area contributed by atoms with Crippen molar-refractivity contribution in [3.8, 4) is 5.75 Å². The van der Waals surface area contributed by atoms with Crippen LogP contribution in [-0.2, 0) is 0 Å². The second kappa shape index (κ2) is 9.71. The molecule has 0 spiro atoms. The Morgan fingerprint density at radius 2 is 1.96 bits per heavy atom. The summed E-state index contributed by atoms with van der Waals surface area (Å²) in [4.78, 5) is 12.3. The van der Waals surface area contributed by atoms with Crippen molar-refractivity contribution in [2.75, 3.05) is 23.8 Å². The second-order valence-corrected chi connectivity index (χ2v) is 6.50. The molecule has 1 aromatic heterocycles. The molecule has 2 aromatic rings. The van der Waals surface area contributed by atoms with E-state index in [9.17, 15) is 4.79 Å². The number of nitrogens with one attached hydrogen (secondary N) is 2. The summed E-state index contributed by atoms with van der Waals surface area (Å²) in [7, 11) is 0. The highest BCUT2D eigenvalue weighted by Gasteiger charge is 2.09. The molecule has 1 aliphatic carbocycles. The van der Waals surface area contributed by atoms with Crippen molar-refractivity contribution in [2.24, 2.45) is 0 Å². The summed E-state index contributed by atoms with van der Waals surface area (Å²) in [6, 6.07) is 10.7. The van der Waals surface area contributed by atoms with E-state index in [1.165, 1.54) is 31.3 Å². The zero-order valence-corrected chi connectivity index (χ0v) is 15.7. The van der Waals surface area contributed by atoms with E-state index in [1.807, 2.05) is 19.1 Å². The van der Waals surface area contributed by atoms with Gasteiger partial charge in [0.1, 0.15) is 11.6 Å². The van der Waals surface area contributed by atoms with Crippen LogP contribution in [-0.4, -0.2) is 29.3 Å². The van der Waals surface area contributed by atoms with Gasteiger partial charge in [0.25, 0.3) is 5.91 Å². The van der Waals surface area contributed by atoms with Crippen molar-refractivity contribution in [3.05, 3.63) is 53.7 Å². The van der Waals surface area contributed by atoms with Crippen LogP contribution in [0.2, 0.25) is 0 Å². The Bertz CT molecular complexity index is 770. The highest BCUT2D eigenvalue weighted by molar-refractivity contribution is 6.02. The van der Waals surface area contributed by atoms with Crippen LogP contribution in [0.4, 0.5) is 11.5 Å². The molecule has 27 heavy (non-hydrogen) atoms. The highest BCUT2D eigenvalue weighted by atomic mass is 16.5. The van der Waals surface area contributed by atoms with Gasteiger partial charge in [0, 0.05) is 12.2 Å². The van der Waals surface area contributed by atoms with Crippen LogP contribution in [0.1, 0.15) is 49.5 Å². The van der Waals surface area contributed by atoms with E-state index in [4.69, 9.17) is 4.74 Å². The Kier molecular flexibility index (Phi) is 6.79. The smallest absolute Gasteiger partial charge is 0.276 e. The van der Waals surface area contributed by atoms with Gasteiger partial charge in [-0.15, -0.1) is 10.2 Å². The third-order valence-electron chi connectivity index (χ3n) is 4.46. The normalized spacial score (nSPS) is 13.6. The molecule has 0 unspecified atom stereocenters. The molecule has 3 rings (SSSR count). The first kappa shape index (κ1) is 18.9. The number of ether oxygens (including phenoxy) is 1. The molecule has 1 aliphatic rings. The monoisotopic (exact) mass is 366 g/mol. The fourth-order valence-corrected chi connectivity index (χ4v) is 3.03. The number of rotatable bonds is 8. The fourth-order valence-electron chi connectivity index (χ4n) is 3.03. The van der Waals surface area contributed by atoms with E-state index in [2.05, 4.69) is 26.9 Å². The number of nitrogens with zero attached hydrogens (tertiary/aromatic N) is 2. The third-order valence-corrected chi connectivity index (χ3v) is 4.46. The van der Waals surface area contributed by atoms with Crippen LogP contribution in [0.3, 0.4) is 0 Å². The SMILES string of the molecule is CCOc1ccc(NC(=O)c2ccc(NCCC3=CCCCC3)nn2)cc1. The van der Waals surface area contributed by atoms with Gasteiger partial charge in [0.2, 0.25) is 0 Å². The number of allylic oxidation sites excluding steroid dienone is 1. The topological polar surface area (TPSA) is 76.1 Å². The lowest BCUT2D eigenvalue weighted by Gasteiger charge is -2.13. The Labute approximate surface area is 160 Å². The number of carbonyl (C=O) groups excluding carboxylic acids is 1. The second-order valence-electron chi connectivity index (χ2n) is 6.50. The number of anilines is 2. The minimum atomic E-state index is -0.287. The average Bonchev–Trinajstić information content (AvgIpc) is 2.71. The van der Waals surface area contributed by atoms with E-state index in [-0.39, 0.29) is 11.6 Å². The zero-order valence-electron chi connectivity index (χ0n) is 15.7. The quantitative estimate of drug-likeness (QED) is 0.676. The Hall–Kier alpha value is -2.89. The van der Waals surface area contributed by atoms with Crippen molar-refractivity contribution in [1.29, 1.82) is 0 Å². The predicted molar refractivity (Wildman–Crippen MR) is 107 cm³/mol. The minimum Gasteiger partial charge on any atom is -0.494 e. The van der Waals surface area contributed by atoms with E-state index < -0.39 is 0 Å². The van der Waals surface area contributed by atoms with E-state index in [1.54, 1.807) is 24.3 Å². The average molecular weight is 366 g/mol. The molecule has 0 fully saturated rings. The van der Waals surface area contributed by atoms with Crippen molar-refractivity contribution < 1.29 is 9.53 Å². The van der Waals surface area contributed by atoms with Gasteiger partial charge < -0.3 is 15.4 Å². The Morgan fingerprint density at radius 1 is 1.11 bits per heavy atom. The van der Waals surface area contributed by atoms with Gasteiger partial charge in [-0.25, -0.2) is 0 Å². The molecule has 142 valence electrons. The maximum absolute atomic E-state index is 12.3. The van der Waals surface area contributed by atoms with Crippen LogP contribution >= 0.6 is 0 Å². The molecule has 6 heteroatoms. The van der Waals surface area contributed by atoms with Gasteiger partial charge >= 0.3 is 0 Å². The summed E-state index contributed by atoms with van der Waals surface area (Å²) in [5.41, 5.74) is 2.49. The summed E-state index contributed by atoms with van der Waals surface area (Å²) >= 11 is 0.